The lowest BCUT2D eigenvalue weighted by Crippen LogP contribution is -2.25. The maximum atomic E-state index is 12.9. The van der Waals surface area contributed by atoms with Crippen molar-refractivity contribution in [1.82, 2.24) is 14.5 Å². The topological polar surface area (TPSA) is 47.8 Å². The molecule has 0 N–H and O–H groups in total. The number of aromatic nitrogens is 3. The van der Waals surface area contributed by atoms with E-state index in [0.717, 1.165) is 12.8 Å². The second-order valence-corrected chi connectivity index (χ2v) is 6.00. The number of hydrogen-bond acceptors (Lipinski definition) is 3. The molecular weight excluding hydrogens is 293 g/mol. The van der Waals surface area contributed by atoms with Crippen LogP contribution in [-0.2, 0) is 13.2 Å². The van der Waals surface area contributed by atoms with Crippen LogP contribution in [0.5, 0.6) is 0 Å². The summed E-state index contributed by atoms with van der Waals surface area (Å²) in [5.41, 5.74) is 2.91. The lowest BCUT2D eigenvalue weighted by atomic mass is 10.1. The van der Waals surface area contributed by atoms with Crippen LogP contribution >= 0.6 is 0 Å². The quantitative estimate of drug-likeness (QED) is 0.742. The SMILES string of the molecule is O=c1c(-c2ccc(CF)cc2)nc2cccnc2n1CC1CC1. The first-order chi connectivity index (χ1) is 11.3. The Labute approximate surface area is 132 Å². The third-order valence-electron chi connectivity index (χ3n) is 4.22. The fourth-order valence-corrected chi connectivity index (χ4v) is 2.74. The van der Waals surface area contributed by atoms with Crippen LogP contribution in [-0.4, -0.2) is 14.5 Å². The van der Waals surface area contributed by atoms with Gasteiger partial charge in [-0.05, 0) is 36.5 Å². The van der Waals surface area contributed by atoms with Gasteiger partial charge in [0.1, 0.15) is 17.9 Å². The highest BCUT2D eigenvalue weighted by atomic mass is 19.1. The van der Waals surface area contributed by atoms with E-state index in [1.807, 2.05) is 12.1 Å². The molecule has 1 aromatic carbocycles. The number of benzene rings is 1. The van der Waals surface area contributed by atoms with Gasteiger partial charge >= 0.3 is 0 Å². The molecule has 2 heterocycles. The van der Waals surface area contributed by atoms with Gasteiger partial charge < -0.3 is 0 Å². The summed E-state index contributed by atoms with van der Waals surface area (Å²) < 4.78 is 14.4. The van der Waals surface area contributed by atoms with Crippen LogP contribution in [0.1, 0.15) is 18.4 Å². The van der Waals surface area contributed by atoms with Gasteiger partial charge in [0.2, 0.25) is 0 Å². The minimum absolute atomic E-state index is 0.129. The highest BCUT2D eigenvalue weighted by Crippen LogP contribution is 2.31. The molecule has 0 bridgehead atoms. The van der Waals surface area contributed by atoms with E-state index in [1.54, 1.807) is 35.0 Å². The van der Waals surface area contributed by atoms with Gasteiger partial charge in [0.05, 0.1) is 0 Å². The molecule has 1 aliphatic rings. The molecule has 0 unspecified atom stereocenters. The molecule has 23 heavy (non-hydrogen) atoms. The average Bonchev–Trinajstić information content (AvgIpc) is 3.41. The normalized spacial score (nSPS) is 14.3. The smallest absolute Gasteiger partial charge is 0.278 e. The zero-order chi connectivity index (χ0) is 15.8. The van der Waals surface area contributed by atoms with Crippen molar-refractivity contribution in [3.63, 3.8) is 0 Å². The molecular formula is C18H16FN3O. The van der Waals surface area contributed by atoms with E-state index in [2.05, 4.69) is 9.97 Å². The van der Waals surface area contributed by atoms with E-state index in [4.69, 9.17) is 0 Å². The van der Waals surface area contributed by atoms with Crippen molar-refractivity contribution in [3.05, 3.63) is 58.5 Å². The summed E-state index contributed by atoms with van der Waals surface area (Å²) in [5.74, 6) is 0.557. The predicted molar refractivity (Wildman–Crippen MR) is 86.8 cm³/mol. The summed E-state index contributed by atoms with van der Waals surface area (Å²) in [6, 6.07) is 10.6. The lowest BCUT2D eigenvalue weighted by Gasteiger charge is -2.11. The van der Waals surface area contributed by atoms with Gasteiger partial charge in [-0.1, -0.05) is 24.3 Å². The van der Waals surface area contributed by atoms with Crippen molar-refractivity contribution in [2.24, 2.45) is 5.92 Å². The molecule has 0 radical (unpaired) electrons. The molecule has 0 amide bonds. The van der Waals surface area contributed by atoms with Crippen LogP contribution in [0.3, 0.4) is 0 Å². The van der Waals surface area contributed by atoms with Crippen molar-refractivity contribution in [3.8, 4) is 11.3 Å². The fourth-order valence-electron chi connectivity index (χ4n) is 2.74. The summed E-state index contributed by atoms with van der Waals surface area (Å²) in [5, 5.41) is 0. The van der Waals surface area contributed by atoms with Crippen LogP contribution in [0.4, 0.5) is 4.39 Å². The van der Waals surface area contributed by atoms with Gasteiger partial charge in [0.15, 0.2) is 5.65 Å². The Kier molecular flexibility index (Phi) is 3.41. The summed E-state index contributed by atoms with van der Waals surface area (Å²) in [4.78, 5) is 21.7. The van der Waals surface area contributed by atoms with Crippen molar-refractivity contribution in [2.45, 2.75) is 26.1 Å². The first kappa shape index (κ1) is 14.1. The molecule has 0 spiro atoms. The Morgan fingerprint density at radius 3 is 2.65 bits per heavy atom. The molecule has 0 saturated heterocycles. The zero-order valence-corrected chi connectivity index (χ0v) is 12.6. The Hall–Kier alpha value is -2.56. The van der Waals surface area contributed by atoms with Crippen LogP contribution < -0.4 is 5.56 Å². The number of rotatable bonds is 4. The minimum Gasteiger partial charge on any atom is -0.289 e. The molecule has 1 aliphatic carbocycles. The molecule has 0 aliphatic heterocycles. The summed E-state index contributed by atoms with van der Waals surface area (Å²) in [6.07, 6.45) is 4.00. The van der Waals surface area contributed by atoms with Crippen LogP contribution in [0, 0.1) is 5.92 Å². The van der Waals surface area contributed by atoms with Crippen LogP contribution in [0.25, 0.3) is 22.4 Å². The lowest BCUT2D eigenvalue weighted by molar-refractivity contribution is 0.485. The average molecular weight is 309 g/mol. The monoisotopic (exact) mass is 309 g/mol. The maximum Gasteiger partial charge on any atom is 0.278 e. The van der Waals surface area contributed by atoms with Crippen molar-refractivity contribution < 1.29 is 4.39 Å². The predicted octanol–water partition coefficient (Wildman–Crippen LogP) is 3.34. The van der Waals surface area contributed by atoms with Gasteiger partial charge in [0.25, 0.3) is 5.56 Å². The van der Waals surface area contributed by atoms with Crippen LogP contribution in [0.15, 0.2) is 47.4 Å². The molecule has 4 rings (SSSR count). The first-order valence-electron chi connectivity index (χ1n) is 7.77. The van der Waals surface area contributed by atoms with E-state index in [-0.39, 0.29) is 5.56 Å². The largest absolute Gasteiger partial charge is 0.289 e. The molecule has 1 saturated carbocycles. The van der Waals surface area contributed by atoms with E-state index in [0.29, 0.717) is 40.4 Å². The zero-order valence-electron chi connectivity index (χ0n) is 12.6. The van der Waals surface area contributed by atoms with E-state index in [1.165, 1.54) is 0 Å². The highest BCUT2D eigenvalue weighted by Gasteiger charge is 2.24. The molecule has 0 atom stereocenters. The Balaban J connectivity index is 1.91. The summed E-state index contributed by atoms with van der Waals surface area (Å²) >= 11 is 0. The molecule has 5 heteroatoms. The van der Waals surface area contributed by atoms with E-state index in [9.17, 15) is 9.18 Å². The van der Waals surface area contributed by atoms with E-state index >= 15 is 0 Å². The van der Waals surface area contributed by atoms with Crippen LogP contribution in [0.2, 0.25) is 0 Å². The van der Waals surface area contributed by atoms with Gasteiger partial charge in [-0.2, -0.15) is 0 Å². The van der Waals surface area contributed by atoms with Crippen molar-refractivity contribution in [1.29, 1.82) is 0 Å². The second-order valence-electron chi connectivity index (χ2n) is 6.00. The van der Waals surface area contributed by atoms with Gasteiger partial charge in [-0.15, -0.1) is 0 Å². The molecule has 116 valence electrons. The van der Waals surface area contributed by atoms with E-state index < -0.39 is 6.67 Å². The van der Waals surface area contributed by atoms with Gasteiger partial charge in [-0.3, -0.25) is 9.36 Å². The molecule has 4 nitrogen and oxygen atoms in total. The number of alkyl halides is 1. The number of hydrogen-bond donors (Lipinski definition) is 0. The number of nitrogens with zero attached hydrogens (tertiary/aromatic N) is 3. The van der Waals surface area contributed by atoms with Crippen molar-refractivity contribution in [2.75, 3.05) is 0 Å². The Morgan fingerprint density at radius 2 is 1.96 bits per heavy atom. The number of fused-ring (bicyclic) bond motifs is 1. The third-order valence-corrected chi connectivity index (χ3v) is 4.22. The Morgan fingerprint density at radius 1 is 1.17 bits per heavy atom. The highest BCUT2D eigenvalue weighted by molar-refractivity contribution is 5.74. The summed E-state index contributed by atoms with van der Waals surface area (Å²) in [6.45, 7) is 0.172. The minimum atomic E-state index is -0.513. The third kappa shape index (κ3) is 2.63. The molecule has 3 aromatic rings. The maximum absolute atomic E-state index is 12.9. The molecule has 2 aromatic heterocycles. The van der Waals surface area contributed by atoms with Gasteiger partial charge in [0, 0.05) is 18.3 Å². The second kappa shape index (κ2) is 5.57. The number of halogens is 1. The molecule has 1 fully saturated rings. The standard InChI is InChI=1S/C18H16FN3O/c19-10-12-5-7-14(8-6-12)16-18(23)22(11-13-3-4-13)17-15(21-16)2-1-9-20-17/h1-2,5-9,13H,3-4,10-11H2. The fraction of sp³-hybridized carbons (Fsp3) is 0.278. The number of pyridine rings is 1. The Bertz CT molecular complexity index is 914. The first-order valence-corrected chi connectivity index (χ1v) is 7.77. The van der Waals surface area contributed by atoms with Gasteiger partial charge in [-0.25, -0.2) is 14.4 Å². The van der Waals surface area contributed by atoms with Crippen molar-refractivity contribution >= 4 is 11.2 Å². The summed E-state index contributed by atoms with van der Waals surface area (Å²) in [7, 11) is 0.